The monoisotopic (exact) mass is 246 g/mol. The van der Waals surface area contributed by atoms with Crippen LogP contribution in [0.2, 0.25) is 0 Å². The average molecular weight is 246 g/mol. The van der Waals surface area contributed by atoms with E-state index in [0.29, 0.717) is 0 Å². The van der Waals surface area contributed by atoms with Crippen LogP contribution in [0.3, 0.4) is 0 Å². The number of hydrogen-bond acceptors (Lipinski definition) is 2. The summed E-state index contributed by atoms with van der Waals surface area (Å²) in [6.45, 7) is 8.33. The molecule has 2 rings (SSSR count). The van der Waals surface area contributed by atoms with Gasteiger partial charge in [0.1, 0.15) is 0 Å². The molecule has 0 unspecified atom stereocenters. The lowest BCUT2D eigenvalue weighted by Gasteiger charge is -2.13. The van der Waals surface area contributed by atoms with Gasteiger partial charge in [-0.1, -0.05) is 54.4 Å². The Morgan fingerprint density at radius 1 is 1.12 bits per heavy atom. The number of thioether (sulfide) groups is 2. The molecule has 1 aromatic carbocycles. The van der Waals surface area contributed by atoms with Crippen molar-refractivity contribution in [3.8, 4) is 0 Å². The fourth-order valence-electron chi connectivity index (χ4n) is 1.69. The first-order valence-corrected chi connectivity index (χ1v) is 6.90. The molecule has 0 N–H and O–H groups in total. The predicted molar refractivity (Wildman–Crippen MR) is 77.2 cm³/mol. The Balaban J connectivity index is 2.54. The number of allylic oxidation sites excluding steroid dienone is 2. The van der Waals surface area contributed by atoms with E-state index in [0.717, 1.165) is 5.57 Å². The molecule has 82 valence electrons. The van der Waals surface area contributed by atoms with Crippen molar-refractivity contribution in [2.45, 2.75) is 13.8 Å². The second kappa shape index (κ2) is 4.98. The number of hydrogen-bond donors (Lipinski definition) is 0. The molecule has 0 fully saturated rings. The molecule has 0 aliphatic carbocycles. The van der Waals surface area contributed by atoms with Gasteiger partial charge in [-0.15, -0.1) is 0 Å². The summed E-state index contributed by atoms with van der Waals surface area (Å²) in [5.41, 5.74) is 5.03. The van der Waals surface area contributed by atoms with E-state index in [4.69, 9.17) is 0 Å². The highest BCUT2D eigenvalue weighted by atomic mass is 32.2. The zero-order valence-electron chi connectivity index (χ0n) is 9.49. The van der Waals surface area contributed by atoms with Gasteiger partial charge in [0.25, 0.3) is 0 Å². The highest BCUT2D eigenvalue weighted by Crippen LogP contribution is 2.45. The summed E-state index contributed by atoms with van der Waals surface area (Å²) in [5, 5.41) is 4.25. The van der Waals surface area contributed by atoms with Crippen LogP contribution in [-0.2, 0) is 0 Å². The van der Waals surface area contributed by atoms with Gasteiger partial charge in [-0.2, -0.15) is 0 Å². The quantitative estimate of drug-likeness (QED) is 0.704. The summed E-state index contributed by atoms with van der Waals surface area (Å²) in [6.07, 6.45) is 0. The minimum atomic E-state index is 1.13. The Hall–Kier alpha value is -0.860. The van der Waals surface area contributed by atoms with Crippen molar-refractivity contribution in [3.63, 3.8) is 0 Å². The van der Waals surface area contributed by atoms with Crippen LogP contribution in [0, 0.1) is 6.92 Å². The van der Waals surface area contributed by atoms with Gasteiger partial charge >= 0.3 is 0 Å². The molecular formula is C14H14S2. The van der Waals surface area contributed by atoms with E-state index >= 15 is 0 Å². The van der Waals surface area contributed by atoms with E-state index in [1.54, 1.807) is 23.5 Å². The van der Waals surface area contributed by atoms with Gasteiger partial charge in [0.2, 0.25) is 0 Å². The molecular weight excluding hydrogens is 232 g/mol. The lowest BCUT2D eigenvalue weighted by Crippen LogP contribution is -1.91. The molecule has 0 aromatic heterocycles. The second-order valence-electron chi connectivity index (χ2n) is 3.77. The molecule has 0 nitrogen and oxygen atoms in total. The van der Waals surface area contributed by atoms with Gasteiger partial charge in [0, 0.05) is 5.57 Å². The lowest BCUT2D eigenvalue weighted by molar-refractivity contribution is 1.40. The Morgan fingerprint density at radius 2 is 1.75 bits per heavy atom. The molecule has 0 amide bonds. The summed E-state index contributed by atoms with van der Waals surface area (Å²) in [6, 6.07) is 8.48. The van der Waals surface area contributed by atoms with Gasteiger partial charge in [0.05, 0.1) is 4.24 Å². The normalized spacial score (nSPS) is 14.2. The Kier molecular flexibility index (Phi) is 3.62. The van der Waals surface area contributed by atoms with E-state index in [1.807, 2.05) is 0 Å². The van der Waals surface area contributed by atoms with Gasteiger partial charge < -0.3 is 0 Å². The maximum atomic E-state index is 4.11. The van der Waals surface area contributed by atoms with Crippen LogP contribution in [-0.4, -0.2) is 0 Å². The third-order valence-electron chi connectivity index (χ3n) is 2.45. The van der Waals surface area contributed by atoms with Crippen LogP contribution in [0.5, 0.6) is 0 Å². The topological polar surface area (TPSA) is 0 Å². The van der Waals surface area contributed by atoms with Gasteiger partial charge in [-0.05, 0) is 41.4 Å². The van der Waals surface area contributed by atoms with Crippen molar-refractivity contribution in [1.82, 2.24) is 0 Å². The van der Waals surface area contributed by atoms with E-state index in [-0.39, 0.29) is 0 Å². The zero-order valence-corrected chi connectivity index (χ0v) is 11.1. The molecule has 16 heavy (non-hydrogen) atoms. The maximum absolute atomic E-state index is 4.11. The summed E-state index contributed by atoms with van der Waals surface area (Å²) in [7, 11) is 0. The van der Waals surface area contributed by atoms with Crippen molar-refractivity contribution in [2.75, 3.05) is 0 Å². The third-order valence-corrected chi connectivity index (χ3v) is 4.58. The highest BCUT2D eigenvalue weighted by molar-refractivity contribution is 8.27. The molecule has 0 bridgehead atoms. The van der Waals surface area contributed by atoms with Crippen molar-refractivity contribution in [1.29, 1.82) is 0 Å². The molecule has 1 aromatic rings. The third kappa shape index (κ3) is 2.28. The van der Waals surface area contributed by atoms with Gasteiger partial charge in [-0.25, -0.2) is 0 Å². The van der Waals surface area contributed by atoms with Crippen LogP contribution >= 0.6 is 23.5 Å². The van der Waals surface area contributed by atoms with Crippen molar-refractivity contribution >= 4 is 29.1 Å². The molecule has 1 aliphatic heterocycles. The minimum absolute atomic E-state index is 1.13. The van der Waals surface area contributed by atoms with Crippen LogP contribution in [0.4, 0.5) is 0 Å². The number of aryl methyl sites for hydroxylation is 1. The lowest BCUT2D eigenvalue weighted by atomic mass is 9.97. The molecule has 0 saturated carbocycles. The largest absolute Gasteiger partial charge is 0.0954 e. The summed E-state index contributed by atoms with van der Waals surface area (Å²) < 4.78 is 1.34. The predicted octanol–water partition coefficient (Wildman–Crippen LogP) is 5.19. The number of benzene rings is 1. The highest BCUT2D eigenvalue weighted by Gasteiger charge is 2.14. The molecule has 0 atom stereocenters. The van der Waals surface area contributed by atoms with E-state index in [2.05, 4.69) is 55.5 Å². The van der Waals surface area contributed by atoms with E-state index < -0.39 is 0 Å². The van der Waals surface area contributed by atoms with Crippen molar-refractivity contribution in [2.24, 2.45) is 0 Å². The van der Waals surface area contributed by atoms with Crippen molar-refractivity contribution in [3.05, 3.63) is 62.6 Å². The first-order chi connectivity index (χ1) is 7.70. The summed E-state index contributed by atoms with van der Waals surface area (Å²) in [5.74, 6) is 0. The Labute approximate surface area is 106 Å². The fourth-order valence-corrected chi connectivity index (χ4v) is 3.74. The molecule has 1 heterocycles. The number of rotatable bonds is 2. The van der Waals surface area contributed by atoms with E-state index in [9.17, 15) is 0 Å². The molecule has 0 radical (unpaired) electrons. The molecule has 2 heteroatoms. The first kappa shape index (κ1) is 11.6. The fraction of sp³-hybridized carbons (Fsp3) is 0.143. The van der Waals surface area contributed by atoms with Crippen LogP contribution in [0.15, 0.2) is 51.5 Å². The SMILES string of the molecule is C=C(C)C(=C1SC=CS1)c1ccccc1C. The Bertz CT molecular complexity index is 471. The van der Waals surface area contributed by atoms with Gasteiger partial charge in [-0.3, -0.25) is 0 Å². The van der Waals surface area contributed by atoms with Gasteiger partial charge in [0.15, 0.2) is 0 Å². The molecule has 1 aliphatic rings. The second-order valence-corrected chi connectivity index (χ2v) is 5.86. The van der Waals surface area contributed by atoms with Crippen molar-refractivity contribution < 1.29 is 0 Å². The average Bonchev–Trinajstić information content (AvgIpc) is 2.74. The van der Waals surface area contributed by atoms with Crippen LogP contribution in [0.1, 0.15) is 18.1 Å². The molecule has 0 saturated heterocycles. The molecule has 0 spiro atoms. The zero-order chi connectivity index (χ0) is 11.5. The van der Waals surface area contributed by atoms with E-state index in [1.165, 1.54) is 20.9 Å². The van der Waals surface area contributed by atoms with Crippen LogP contribution < -0.4 is 0 Å². The maximum Gasteiger partial charge on any atom is 0.0567 e. The Morgan fingerprint density at radius 3 is 2.31 bits per heavy atom. The summed E-state index contributed by atoms with van der Waals surface area (Å²) >= 11 is 3.57. The minimum Gasteiger partial charge on any atom is -0.0954 e. The summed E-state index contributed by atoms with van der Waals surface area (Å²) in [4.78, 5) is 0. The van der Waals surface area contributed by atoms with Crippen LogP contribution in [0.25, 0.3) is 5.57 Å². The first-order valence-electron chi connectivity index (χ1n) is 5.14. The standard InChI is InChI=1S/C14H14S2/c1-10(2)13(14-15-8-9-16-14)12-7-5-4-6-11(12)3/h4-9H,1H2,2-3H3. The smallest absolute Gasteiger partial charge is 0.0567 e.